The Labute approximate surface area is 107 Å². The Morgan fingerprint density at radius 3 is 3.12 bits per heavy atom. The summed E-state index contributed by atoms with van der Waals surface area (Å²) in [6.07, 6.45) is 4.57. The molecule has 1 aliphatic rings. The normalized spacial score (nSPS) is 19.5. The van der Waals surface area contributed by atoms with Crippen molar-refractivity contribution in [3.8, 4) is 0 Å². The first kappa shape index (κ1) is 12.6. The average molecular weight is 256 g/mol. The second kappa shape index (κ2) is 6.17. The van der Waals surface area contributed by atoms with Gasteiger partial charge in [-0.2, -0.15) is 0 Å². The molecule has 0 spiro atoms. The van der Waals surface area contributed by atoms with Crippen molar-refractivity contribution in [1.82, 2.24) is 9.97 Å². The lowest BCUT2D eigenvalue weighted by Gasteiger charge is -2.11. The Hall–Kier alpha value is -0.870. The van der Waals surface area contributed by atoms with Gasteiger partial charge < -0.3 is 10.1 Å². The molecular formula is C12H18ClN3O. The molecule has 0 saturated carbocycles. The van der Waals surface area contributed by atoms with Crippen LogP contribution in [-0.4, -0.2) is 29.2 Å². The number of ether oxygens (including phenoxy) is 1. The third kappa shape index (κ3) is 3.82. The van der Waals surface area contributed by atoms with E-state index in [1.165, 1.54) is 12.8 Å². The highest BCUT2D eigenvalue weighted by atomic mass is 35.5. The number of anilines is 1. The summed E-state index contributed by atoms with van der Waals surface area (Å²) in [5.74, 6) is 1.58. The first-order chi connectivity index (χ1) is 8.28. The highest BCUT2D eigenvalue weighted by molar-refractivity contribution is 6.29. The third-order valence-corrected chi connectivity index (χ3v) is 3.05. The van der Waals surface area contributed by atoms with Crippen LogP contribution in [0.2, 0.25) is 5.15 Å². The zero-order valence-corrected chi connectivity index (χ0v) is 10.8. The lowest BCUT2D eigenvalue weighted by molar-refractivity contribution is 0.107. The summed E-state index contributed by atoms with van der Waals surface area (Å²) in [6.45, 7) is 3.78. The van der Waals surface area contributed by atoms with Gasteiger partial charge in [0.05, 0.1) is 6.10 Å². The van der Waals surface area contributed by atoms with Gasteiger partial charge >= 0.3 is 0 Å². The van der Waals surface area contributed by atoms with Gasteiger partial charge in [0.1, 0.15) is 16.8 Å². The molecule has 1 atom stereocenters. The highest BCUT2D eigenvalue weighted by Gasteiger charge is 2.14. The fourth-order valence-corrected chi connectivity index (χ4v) is 2.15. The van der Waals surface area contributed by atoms with Crippen LogP contribution >= 0.6 is 11.6 Å². The predicted octanol–water partition coefficient (Wildman–Crippen LogP) is 2.67. The van der Waals surface area contributed by atoms with Crippen molar-refractivity contribution in [2.75, 3.05) is 18.5 Å². The number of nitrogens with one attached hydrogen (secondary N) is 1. The van der Waals surface area contributed by atoms with Crippen molar-refractivity contribution in [3.63, 3.8) is 0 Å². The molecular weight excluding hydrogens is 238 g/mol. The van der Waals surface area contributed by atoms with Gasteiger partial charge in [0.2, 0.25) is 0 Å². The van der Waals surface area contributed by atoms with E-state index in [9.17, 15) is 0 Å². The van der Waals surface area contributed by atoms with Crippen molar-refractivity contribution in [2.24, 2.45) is 0 Å². The molecule has 94 valence electrons. The van der Waals surface area contributed by atoms with E-state index in [0.717, 1.165) is 37.6 Å². The summed E-state index contributed by atoms with van der Waals surface area (Å²) in [4.78, 5) is 8.50. The van der Waals surface area contributed by atoms with Crippen molar-refractivity contribution in [1.29, 1.82) is 0 Å². The van der Waals surface area contributed by atoms with Crippen LogP contribution in [0.25, 0.3) is 0 Å². The summed E-state index contributed by atoms with van der Waals surface area (Å²) < 4.78 is 5.56. The number of aromatic nitrogens is 2. The van der Waals surface area contributed by atoms with Gasteiger partial charge in [-0.05, 0) is 19.3 Å². The molecule has 5 heteroatoms. The minimum absolute atomic E-state index is 0.408. The Morgan fingerprint density at radius 1 is 1.53 bits per heavy atom. The lowest BCUT2D eigenvalue weighted by Crippen LogP contribution is -2.13. The van der Waals surface area contributed by atoms with Crippen LogP contribution in [0, 0.1) is 0 Å². The lowest BCUT2D eigenvalue weighted by atomic mass is 10.2. The molecule has 1 N–H and O–H groups in total. The van der Waals surface area contributed by atoms with Crippen molar-refractivity contribution in [3.05, 3.63) is 17.0 Å². The van der Waals surface area contributed by atoms with Crippen LogP contribution in [0.4, 0.5) is 5.82 Å². The predicted molar refractivity (Wildman–Crippen MR) is 68.5 cm³/mol. The Morgan fingerprint density at radius 2 is 2.41 bits per heavy atom. The van der Waals surface area contributed by atoms with E-state index >= 15 is 0 Å². The number of nitrogens with zero attached hydrogens (tertiary/aromatic N) is 2. The first-order valence-corrected chi connectivity index (χ1v) is 6.54. The molecule has 0 aliphatic carbocycles. The minimum atomic E-state index is 0.408. The Balaban J connectivity index is 1.83. The van der Waals surface area contributed by atoms with Gasteiger partial charge in [0, 0.05) is 25.6 Å². The summed E-state index contributed by atoms with van der Waals surface area (Å²) in [7, 11) is 0. The van der Waals surface area contributed by atoms with Crippen molar-refractivity contribution >= 4 is 17.4 Å². The molecule has 0 bridgehead atoms. The van der Waals surface area contributed by atoms with Gasteiger partial charge in [0.15, 0.2) is 0 Å². The van der Waals surface area contributed by atoms with Crippen LogP contribution in [0.1, 0.15) is 32.0 Å². The molecule has 2 heterocycles. The number of halogens is 1. The van der Waals surface area contributed by atoms with Gasteiger partial charge in [-0.3, -0.25) is 0 Å². The molecule has 0 amide bonds. The molecule has 2 rings (SSSR count). The number of hydrogen-bond donors (Lipinski definition) is 1. The standard InChI is InChI=1S/C12H18ClN3O/c1-2-11-15-10(13)8-12(16-11)14-6-5-9-4-3-7-17-9/h8-9H,2-7H2,1H3,(H,14,15,16). The maximum absolute atomic E-state index is 5.92. The maximum atomic E-state index is 5.92. The van der Waals surface area contributed by atoms with Crippen LogP contribution in [0.5, 0.6) is 0 Å². The highest BCUT2D eigenvalue weighted by Crippen LogP contribution is 2.16. The summed E-state index contributed by atoms with van der Waals surface area (Å²) in [6, 6.07) is 1.76. The average Bonchev–Trinajstić information content (AvgIpc) is 2.81. The summed E-state index contributed by atoms with van der Waals surface area (Å²) in [5.41, 5.74) is 0. The van der Waals surface area contributed by atoms with E-state index in [1.54, 1.807) is 6.07 Å². The molecule has 0 aromatic carbocycles. The van der Waals surface area contributed by atoms with Crippen LogP contribution in [0.15, 0.2) is 6.07 Å². The molecule has 1 aromatic rings. The Bertz CT molecular complexity index is 367. The van der Waals surface area contributed by atoms with E-state index in [2.05, 4.69) is 15.3 Å². The van der Waals surface area contributed by atoms with E-state index in [4.69, 9.17) is 16.3 Å². The molecule has 4 nitrogen and oxygen atoms in total. The van der Waals surface area contributed by atoms with Crippen molar-refractivity contribution < 1.29 is 4.74 Å². The zero-order chi connectivity index (χ0) is 12.1. The smallest absolute Gasteiger partial charge is 0.134 e. The molecule has 1 unspecified atom stereocenters. The van der Waals surface area contributed by atoms with Gasteiger partial charge in [-0.1, -0.05) is 18.5 Å². The second-order valence-electron chi connectivity index (χ2n) is 4.20. The quantitative estimate of drug-likeness (QED) is 0.822. The van der Waals surface area contributed by atoms with Gasteiger partial charge in [-0.25, -0.2) is 9.97 Å². The number of aryl methyl sites for hydroxylation is 1. The number of rotatable bonds is 5. The first-order valence-electron chi connectivity index (χ1n) is 6.17. The monoisotopic (exact) mass is 255 g/mol. The van der Waals surface area contributed by atoms with E-state index in [-0.39, 0.29) is 0 Å². The Kier molecular flexibility index (Phi) is 4.57. The fourth-order valence-electron chi connectivity index (χ4n) is 1.95. The van der Waals surface area contributed by atoms with E-state index in [1.807, 2.05) is 6.92 Å². The van der Waals surface area contributed by atoms with Crippen molar-refractivity contribution in [2.45, 2.75) is 38.7 Å². The van der Waals surface area contributed by atoms with Gasteiger partial charge in [0.25, 0.3) is 0 Å². The van der Waals surface area contributed by atoms with Crippen LogP contribution < -0.4 is 5.32 Å². The molecule has 1 saturated heterocycles. The van der Waals surface area contributed by atoms with Crippen LogP contribution in [-0.2, 0) is 11.2 Å². The van der Waals surface area contributed by atoms with E-state index < -0.39 is 0 Å². The minimum Gasteiger partial charge on any atom is -0.378 e. The number of hydrogen-bond acceptors (Lipinski definition) is 4. The van der Waals surface area contributed by atoms with Gasteiger partial charge in [-0.15, -0.1) is 0 Å². The summed E-state index contributed by atoms with van der Waals surface area (Å²) >= 11 is 5.92. The second-order valence-corrected chi connectivity index (χ2v) is 4.58. The van der Waals surface area contributed by atoms with Crippen LogP contribution in [0.3, 0.4) is 0 Å². The SMILES string of the molecule is CCc1nc(Cl)cc(NCCC2CCCO2)n1. The molecule has 1 aliphatic heterocycles. The zero-order valence-electron chi connectivity index (χ0n) is 10.1. The fraction of sp³-hybridized carbons (Fsp3) is 0.667. The molecule has 1 aromatic heterocycles. The van der Waals surface area contributed by atoms with E-state index in [0.29, 0.717) is 11.3 Å². The maximum Gasteiger partial charge on any atom is 0.134 e. The largest absolute Gasteiger partial charge is 0.378 e. The summed E-state index contributed by atoms with van der Waals surface area (Å²) in [5, 5.41) is 3.77. The topological polar surface area (TPSA) is 47.0 Å². The third-order valence-electron chi connectivity index (χ3n) is 2.85. The molecule has 0 radical (unpaired) electrons. The molecule has 17 heavy (non-hydrogen) atoms. The molecule has 1 fully saturated rings.